The fourth-order valence-corrected chi connectivity index (χ4v) is 1.87. The Hall–Kier alpha value is -1.87. The van der Waals surface area contributed by atoms with Gasteiger partial charge in [0.2, 0.25) is 0 Å². The number of hydrogen-bond donors (Lipinski definition) is 0. The van der Waals surface area contributed by atoms with E-state index < -0.39 is 0 Å². The van der Waals surface area contributed by atoms with Crippen molar-refractivity contribution < 1.29 is 14.3 Å². The Morgan fingerprint density at radius 3 is 2.78 bits per heavy atom. The average molecular weight is 244 g/mol. The topological polar surface area (TPSA) is 35.5 Å². The molecule has 0 bridgehead atoms. The number of carbonyl (C=O) groups is 1. The molecule has 0 saturated carbocycles. The number of benzene rings is 1. The van der Waals surface area contributed by atoms with Crippen LogP contribution in [0.4, 0.5) is 0 Å². The normalized spacial score (nSPS) is 20.1. The molecular weight excluding hydrogens is 228 g/mol. The van der Waals surface area contributed by atoms with Gasteiger partial charge in [-0.1, -0.05) is 30.3 Å². The lowest BCUT2D eigenvalue weighted by Gasteiger charge is -2.18. The highest BCUT2D eigenvalue weighted by molar-refractivity contribution is 5.84. The zero-order valence-corrected chi connectivity index (χ0v) is 10.4. The van der Waals surface area contributed by atoms with Crippen molar-refractivity contribution in [3.8, 4) is 0 Å². The maximum atomic E-state index is 11.3. The molecule has 94 valence electrons. The third-order valence-electron chi connectivity index (χ3n) is 2.82. The lowest BCUT2D eigenvalue weighted by atomic mass is 9.99. The van der Waals surface area contributed by atoms with Crippen LogP contribution in [-0.4, -0.2) is 26.3 Å². The molecule has 1 aromatic rings. The van der Waals surface area contributed by atoms with Crippen LogP contribution in [-0.2, 0) is 14.3 Å². The van der Waals surface area contributed by atoms with Crippen molar-refractivity contribution in [2.75, 3.05) is 20.3 Å². The SMILES string of the molecule is COC(=O)/C=C1\CCOC\C1=C/c1ccccc1. The molecule has 0 aliphatic carbocycles. The molecule has 0 aromatic heterocycles. The molecule has 1 aliphatic heterocycles. The quantitative estimate of drug-likeness (QED) is 0.592. The summed E-state index contributed by atoms with van der Waals surface area (Å²) < 4.78 is 10.1. The van der Waals surface area contributed by atoms with Gasteiger partial charge in [-0.05, 0) is 29.2 Å². The highest BCUT2D eigenvalue weighted by Crippen LogP contribution is 2.22. The van der Waals surface area contributed by atoms with E-state index >= 15 is 0 Å². The van der Waals surface area contributed by atoms with Crippen LogP contribution in [0.5, 0.6) is 0 Å². The maximum absolute atomic E-state index is 11.3. The molecule has 3 nitrogen and oxygen atoms in total. The number of hydrogen-bond acceptors (Lipinski definition) is 3. The van der Waals surface area contributed by atoms with Gasteiger partial charge in [0.15, 0.2) is 0 Å². The van der Waals surface area contributed by atoms with E-state index in [-0.39, 0.29) is 5.97 Å². The molecule has 0 radical (unpaired) electrons. The first-order valence-corrected chi connectivity index (χ1v) is 5.92. The molecule has 0 N–H and O–H groups in total. The van der Waals surface area contributed by atoms with Gasteiger partial charge in [-0.3, -0.25) is 0 Å². The smallest absolute Gasteiger partial charge is 0.330 e. The maximum Gasteiger partial charge on any atom is 0.330 e. The van der Waals surface area contributed by atoms with Gasteiger partial charge in [0.25, 0.3) is 0 Å². The van der Waals surface area contributed by atoms with Crippen LogP contribution >= 0.6 is 0 Å². The second kappa shape index (κ2) is 6.17. The first kappa shape index (κ1) is 12.6. The zero-order valence-electron chi connectivity index (χ0n) is 10.4. The summed E-state index contributed by atoms with van der Waals surface area (Å²) in [6.07, 6.45) is 4.35. The monoisotopic (exact) mass is 244 g/mol. The van der Waals surface area contributed by atoms with Crippen molar-refractivity contribution >= 4 is 12.0 Å². The highest BCUT2D eigenvalue weighted by atomic mass is 16.5. The summed E-state index contributed by atoms with van der Waals surface area (Å²) in [5.41, 5.74) is 3.14. The summed E-state index contributed by atoms with van der Waals surface area (Å²) in [5, 5.41) is 0. The molecular formula is C15H16O3. The van der Waals surface area contributed by atoms with Crippen molar-refractivity contribution in [1.29, 1.82) is 0 Å². The van der Waals surface area contributed by atoms with Crippen LogP contribution in [0.25, 0.3) is 6.08 Å². The molecule has 0 amide bonds. The minimum atomic E-state index is -0.314. The van der Waals surface area contributed by atoms with Crippen LogP contribution in [0.3, 0.4) is 0 Å². The summed E-state index contributed by atoms with van der Waals surface area (Å²) in [6, 6.07) is 10.00. The predicted octanol–water partition coefficient (Wildman–Crippen LogP) is 2.59. The molecule has 1 aromatic carbocycles. The standard InChI is InChI=1S/C15H16O3/c1-17-15(16)10-13-7-8-18-11-14(13)9-12-5-3-2-4-6-12/h2-6,9-10H,7-8,11H2,1H3/b13-10+,14-9+. The Balaban J connectivity index is 2.26. The molecule has 0 spiro atoms. The predicted molar refractivity (Wildman–Crippen MR) is 70.0 cm³/mol. The van der Waals surface area contributed by atoms with Crippen molar-refractivity contribution in [1.82, 2.24) is 0 Å². The van der Waals surface area contributed by atoms with Crippen LogP contribution in [0, 0.1) is 0 Å². The second-order valence-corrected chi connectivity index (χ2v) is 4.08. The summed E-state index contributed by atoms with van der Waals surface area (Å²) in [7, 11) is 1.39. The highest BCUT2D eigenvalue weighted by Gasteiger charge is 2.13. The molecule has 0 unspecified atom stereocenters. The van der Waals surface area contributed by atoms with Gasteiger partial charge < -0.3 is 9.47 Å². The Morgan fingerprint density at radius 1 is 1.28 bits per heavy atom. The van der Waals surface area contributed by atoms with E-state index in [9.17, 15) is 4.79 Å². The first-order valence-electron chi connectivity index (χ1n) is 5.92. The van der Waals surface area contributed by atoms with Crippen LogP contribution < -0.4 is 0 Å². The molecule has 1 heterocycles. The van der Waals surface area contributed by atoms with Gasteiger partial charge in [-0.2, -0.15) is 0 Å². The van der Waals surface area contributed by atoms with Crippen LogP contribution in [0.1, 0.15) is 12.0 Å². The largest absolute Gasteiger partial charge is 0.466 e. The van der Waals surface area contributed by atoms with E-state index in [1.165, 1.54) is 7.11 Å². The summed E-state index contributed by atoms with van der Waals surface area (Å²) in [4.78, 5) is 11.3. The molecule has 18 heavy (non-hydrogen) atoms. The Labute approximate surface area is 107 Å². The number of methoxy groups -OCH3 is 1. The fraction of sp³-hybridized carbons (Fsp3) is 0.267. The lowest BCUT2D eigenvalue weighted by molar-refractivity contribution is -0.134. The van der Waals surface area contributed by atoms with Crippen LogP contribution in [0.2, 0.25) is 0 Å². The molecule has 0 atom stereocenters. The summed E-state index contributed by atoms with van der Waals surface area (Å²) >= 11 is 0. The van der Waals surface area contributed by atoms with E-state index in [4.69, 9.17) is 4.74 Å². The Kier molecular flexibility index (Phi) is 4.31. The third kappa shape index (κ3) is 3.31. The summed E-state index contributed by atoms with van der Waals surface area (Å²) in [6.45, 7) is 1.19. The Bertz CT molecular complexity index is 472. The van der Waals surface area contributed by atoms with Crippen molar-refractivity contribution in [2.24, 2.45) is 0 Å². The molecule has 3 heteroatoms. The van der Waals surface area contributed by atoms with E-state index in [0.29, 0.717) is 13.2 Å². The minimum Gasteiger partial charge on any atom is -0.466 e. The molecule has 1 fully saturated rings. The lowest BCUT2D eigenvalue weighted by Crippen LogP contribution is -2.12. The molecule has 2 rings (SSSR count). The zero-order chi connectivity index (χ0) is 12.8. The third-order valence-corrected chi connectivity index (χ3v) is 2.82. The fourth-order valence-electron chi connectivity index (χ4n) is 1.87. The average Bonchev–Trinajstić information content (AvgIpc) is 2.42. The van der Waals surface area contributed by atoms with Gasteiger partial charge >= 0.3 is 5.97 Å². The number of esters is 1. The van der Waals surface area contributed by atoms with E-state index in [0.717, 1.165) is 23.1 Å². The number of ether oxygens (including phenoxy) is 2. The minimum absolute atomic E-state index is 0.314. The number of rotatable bonds is 2. The number of carbonyl (C=O) groups excluding carboxylic acids is 1. The van der Waals surface area contributed by atoms with Gasteiger partial charge in [0, 0.05) is 6.08 Å². The first-order chi connectivity index (χ1) is 8.79. The molecule has 1 aliphatic rings. The van der Waals surface area contributed by atoms with E-state index in [1.807, 2.05) is 36.4 Å². The van der Waals surface area contributed by atoms with Gasteiger partial charge in [0.1, 0.15) is 0 Å². The second-order valence-electron chi connectivity index (χ2n) is 4.08. The van der Waals surface area contributed by atoms with Crippen LogP contribution in [0.15, 0.2) is 47.6 Å². The van der Waals surface area contributed by atoms with E-state index in [2.05, 4.69) is 4.74 Å². The van der Waals surface area contributed by atoms with Crippen molar-refractivity contribution in [2.45, 2.75) is 6.42 Å². The van der Waals surface area contributed by atoms with Crippen molar-refractivity contribution in [3.63, 3.8) is 0 Å². The van der Waals surface area contributed by atoms with Gasteiger partial charge in [0.05, 0.1) is 20.3 Å². The van der Waals surface area contributed by atoms with Crippen molar-refractivity contribution in [3.05, 3.63) is 53.1 Å². The summed E-state index contributed by atoms with van der Waals surface area (Å²) in [5.74, 6) is -0.314. The van der Waals surface area contributed by atoms with Gasteiger partial charge in [-0.15, -0.1) is 0 Å². The Morgan fingerprint density at radius 2 is 2.06 bits per heavy atom. The van der Waals surface area contributed by atoms with Gasteiger partial charge in [-0.25, -0.2) is 4.79 Å². The van der Waals surface area contributed by atoms with E-state index in [1.54, 1.807) is 6.08 Å². The molecule has 1 saturated heterocycles.